The minimum absolute atomic E-state index is 0.131. The lowest BCUT2D eigenvalue weighted by Crippen LogP contribution is -2.32. The number of rotatable bonds is 7. The van der Waals surface area contributed by atoms with E-state index in [-0.39, 0.29) is 16.9 Å². The summed E-state index contributed by atoms with van der Waals surface area (Å²) >= 11 is 5.21. The van der Waals surface area contributed by atoms with Gasteiger partial charge in [-0.1, -0.05) is 36.4 Å². The quantitative estimate of drug-likeness (QED) is 0.357. The number of ether oxygens (including phenoxy) is 1. The molecule has 32 heavy (non-hydrogen) atoms. The van der Waals surface area contributed by atoms with E-state index in [1.165, 1.54) is 6.08 Å². The minimum atomic E-state index is -0.366. The fourth-order valence-electron chi connectivity index (χ4n) is 2.79. The molecule has 0 saturated carbocycles. The van der Waals surface area contributed by atoms with E-state index in [9.17, 15) is 9.59 Å². The van der Waals surface area contributed by atoms with Gasteiger partial charge in [0.1, 0.15) is 5.75 Å². The second-order valence-electron chi connectivity index (χ2n) is 6.68. The Morgan fingerprint density at radius 1 is 0.906 bits per heavy atom. The number of nitrogens with one attached hydrogen (secondary N) is 3. The number of amides is 2. The Morgan fingerprint density at radius 3 is 2.34 bits per heavy atom. The van der Waals surface area contributed by atoms with Crippen molar-refractivity contribution >= 4 is 46.6 Å². The molecular formula is C25H23N3O3S. The molecule has 0 aromatic heterocycles. The molecule has 0 spiro atoms. The van der Waals surface area contributed by atoms with Crippen LogP contribution >= 0.6 is 12.2 Å². The summed E-state index contributed by atoms with van der Waals surface area (Å²) in [6.07, 6.45) is 3.08. The van der Waals surface area contributed by atoms with Gasteiger partial charge in [0.2, 0.25) is 5.91 Å². The maximum Gasteiger partial charge on any atom is 0.255 e. The summed E-state index contributed by atoms with van der Waals surface area (Å²) < 4.78 is 5.39. The van der Waals surface area contributed by atoms with Crippen LogP contribution < -0.4 is 20.7 Å². The van der Waals surface area contributed by atoms with E-state index in [0.29, 0.717) is 23.5 Å². The van der Waals surface area contributed by atoms with Crippen LogP contribution in [-0.4, -0.2) is 23.5 Å². The average molecular weight is 446 g/mol. The molecule has 0 bridgehead atoms. The number of para-hydroxylation sites is 1. The summed E-state index contributed by atoms with van der Waals surface area (Å²) in [6.45, 7) is 2.52. The maximum absolute atomic E-state index is 12.4. The van der Waals surface area contributed by atoms with Crippen LogP contribution in [-0.2, 0) is 4.79 Å². The molecule has 3 rings (SSSR count). The van der Waals surface area contributed by atoms with E-state index < -0.39 is 0 Å². The van der Waals surface area contributed by atoms with Crippen molar-refractivity contribution in [2.75, 3.05) is 17.2 Å². The molecule has 3 aromatic rings. The monoisotopic (exact) mass is 445 g/mol. The molecular weight excluding hydrogens is 422 g/mol. The SMILES string of the molecule is CCOc1ccc(/C=C/C(=O)NC(=S)Nc2cccc(C(=O)Nc3ccccc3)c2)cc1. The minimum Gasteiger partial charge on any atom is -0.494 e. The van der Waals surface area contributed by atoms with Gasteiger partial charge in [-0.2, -0.15) is 0 Å². The van der Waals surface area contributed by atoms with Crippen LogP contribution in [0.5, 0.6) is 5.75 Å². The number of thiocarbonyl (C=S) groups is 1. The van der Waals surface area contributed by atoms with Gasteiger partial charge in [-0.15, -0.1) is 0 Å². The first kappa shape index (κ1) is 22.7. The molecule has 0 unspecified atom stereocenters. The summed E-state index contributed by atoms with van der Waals surface area (Å²) in [5.74, 6) is 0.168. The van der Waals surface area contributed by atoms with Gasteiger partial charge in [-0.3, -0.25) is 14.9 Å². The lowest BCUT2D eigenvalue weighted by atomic mass is 10.2. The van der Waals surface area contributed by atoms with Crippen LogP contribution in [0.4, 0.5) is 11.4 Å². The number of carbonyl (C=O) groups excluding carboxylic acids is 2. The smallest absolute Gasteiger partial charge is 0.255 e. The number of hydrogen-bond acceptors (Lipinski definition) is 4. The van der Waals surface area contributed by atoms with Crippen molar-refractivity contribution in [2.45, 2.75) is 6.92 Å². The molecule has 2 amide bonds. The van der Waals surface area contributed by atoms with Crippen molar-refractivity contribution in [3.05, 3.63) is 96.1 Å². The number of anilines is 2. The summed E-state index contributed by atoms with van der Waals surface area (Å²) in [7, 11) is 0. The van der Waals surface area contributed by atoms with Crippen molar-refractivity contribution in [1.82, 2.24) is 5.32 Å². The molecule has 0 fully saturated rings. The Labute approximate surface area is 192 Å². The second kappa shape index (κ2) is 11.4. The second-order valence-corrected chi connectivity index (χ2v) is 7.09. The van der Waals surface area contributed by atoms with Crippen LogP contribution in [0.1, 0.15) is 22.8 Å². The van der Waals surface area contributed by atoms with Crippen molar-refractivity contribution in [3.8, 4) is 5.75 Å². The third kappa shape index (κ3) is 7.07. The molecule has 162 valence electrons. The number of carbonyl (C=O) groups is 2. The summed E-state index contributed by atoms with van der Waals surface area (Å²) in [5, 5.41) is 8.47. The Bertz CT molecular complexity index is 1110. The first-order valence-corrected chi connectivity index (χ1v) is 10.4. The highest BCUT2D eigenvalue weighted by molar-refractivity contribution is 7.80. The van der Waals surface area contributed by atoms with Crippen molar-refractivity contribution in [2.24, 2.45) is 0 Å². The highest BCUT2D eigenvalue weighted by Gasteiger charge is 2.08. The fourth-order valence-corrected chi connectivity index (χ4v) is 3.01. The van der Waals surface area contributed by atoms with E-state index in [0.717, 1.165) is 11.3 Å². The standard InChI is InChI=1S/C25H23N3O3S/c1-2-31-22-14-11-18(12-15-22)13-16-23(29)28-25(32)27-21-10-6-7-19(17-21)24(30)26-20-8-4-3-5-9-20/h3-17H,2H2,1H3,(H,26,30)(H2,27,28,29,32)/b16-13+. The number of benzene rings is 3. The highest BCUT2D eigenvalue weighted by atomic mass is 32.1. The van der Waals surface area contributed by atoms with Crippen LogP contribution in [0.25, 0.3) is 6.08 Å². The van der Waals surface area contributed by atoms with Gasteiger partial charge in [-0.05, 0) is 73.2 Å². The van der Waals surface area contributed by atoms with E-state index in [1.807, 2.05) is 61.5 Å². The summed E-state index contributed by atoms with van der Waals surface area (Å²) in [6, 6.07) is 23.4. The molecule has 0 aliphatic carbocycles. The Kier molecular flexibility index (Phi) is 8.11. The van der Waals surface area contributed by atoms with Gasteiger partial charge in [0.25, 0.3) is 5.91 Å². The Morgan fingerprint density at radius 2 is 1.62 bits per heavy atom. The lowest BCUT2D eigenvalue weighted by molar-refractivity contribution is -0.115. The van der Waals surface area contributed by atoms with Gasteiger partial charge in [0, 0.05) is 23.0 Å². The first-order chi connectivity index (χ1) is 15.5. The van der Waals surface area contributed by atoms with Gasteiger partial charge in [0.15, 0.2) is 5.11 Å². The molecule has 0 heterocycles. The van der Waals surface area contributed by atoms with Crippen LogP contribution in [0.3, 0.4) is 0 Å². The zero-order valence-corrected chi connectivity index (χ0v) is 18.3. The molecule has 0 atom stereocenters. The average Bonchev–Trinajstić information content (AvgIpc) is 2.79. The van der Waals surface area contributed by atoms with Gasteiger partial charge in [-0.25, -0.2) is 0 Å². The predicted molar refractivity (Wildman–Crippen MR) is 132 cm³/mol. The Hall–Kier alpha value is -3.97. The molecule has 0 aliphatic rings. The Balaban J connectivity index is 1.53. The zero-order chi connectivity index (χ0) is 22.8. The topological polar surface area (TPSA) is 79.5 Å². The van der Waals surface area contributed by atoms with E-state index >= 15 is 0 Å². The van der Waals surface area contributed by atoms with Gasteiger partial charge < -0.3 is 15.4 Å². The maximum atomic E-state index is 12.4. The van der Waals surface area contributed by atoms with E-state index in [4.69, 9.17) is 17.0 Å². The molecule has 0 aliphatic heterocycles. The molecule has 3 aromatic carbocycles. The fraction of sp³-hybridized carbons (Fsp3) is 0.0800. The highest BCUT2D eigenvalue weighted by Crippen LogP contribution is 2.14. The molecule has 6 nitrogen and oxygen atoms in total. The number of hydrogen-bond donors (Lipinski definition) is 3. The summed E-state index contributed by atoms with van der Waals surface area (Å²) in [5.41, 5.74) is 2.62. The molecule has 3 N–H and O–H groups in total. The van der Waals surface area contributed by atoms with Gasteiger partial charge >= 0.3 is 0 Å². The predicted octanol–water partition coefficient (Wildman–Crippen LogP) is 4.86. The molecule has 0 radical (unpaired) electrons. The lowest BCUT2D eigenvalue weighted by Gasteiger charge is -2.10. The molecule has 7 heteroatoms. The summed E-state index contributed by atoms with van der Waals surface area (Å²) in [4.78, 5) is 24.6. The van der Waals surface area contributed by atoms with E-state index in [2.05, 4.69) is 16.0 Å². The first-order valence-electron chi connectivity index (χ1n) is 10.0. The van der Waals surface area contributed by atoms with E-state index in [1.54, 1.807) is 30.3 Å². The largest absolute Gasteiger partial charge is 0.494 e. The molecule has 0 saturated heterocycles. The van der Waals surface area contributed by atoms with Crippen LogP contribution in [0.15, 0.2) is 84.9 Å². The van der Waals surface area contributed by atoms with Crippen LogP contribution in [0, 0.1) is 0 Å². The van der Waals surface area contributed by atoms with Crippen molar-refractivity contribution < 1.29 is 14.3 Å². The third-order valence-electron chi connectivity index (χ3n) is 4.27. The van der Waals surface area contributed by atoms with Crippen molar-refractivity contribution in [1.29, 1.82) is 0 Å². The zero-order valence-electron chi connectivity index (χ0n) is 17.5. The normalized spacial score (nSPS) is 10.4. The van der Waals surface area contributed by atoms with Gasteiger partial charge in [0.05, 0.1) is 6.61 Å². The van der Waals surface area contributed by atoms with Crippen LogP contribution in [0.2, 0.25) is 0 Å². The van der Waals surface area contributed by atoms with Crippen molar-refractivity contribution in [3.63, 3.8) is 0 Å². The third-order valence-corrected chi connectivity index (χ3v) is 4.47.